The topological polar surface area (TPSA) is 52.6 Å². The van der Waals surface area contributed by atoms with Gasteiger partial charge in [0.05, 0.1) is 19.4 Å². The zero-order valence-corrected chi connectivity index (χ0v) is 13.8. The Morgan fingerprint density at radius 2 is 1.78 bits per heavy atom. The number of unbranched alkanes of at least 4 members (excludes halogenated alkanes) is 3. The summed E-state index contributed by atoms with van der Waals surface area (Å²) in [5.41, 5.74) is 0.319. The number of hydrogen-bond acceptors (Lipinski definition) is 4. The Balaban J connectivity index is 2.23. The Bertz CT molecular complexity index is 502. The summed E-state index contributed by atoms with van der Waals surface area (Å²) in [4.78, 5) is 23.2. The van der Waals surface area contributed by atoms with Crippen LogP contribution in [0.5, 0.6) is 0 Å². The standard InChI is InChI=1S/C18H25FO4/c1-3-4-5-8-13-22-17(20)11-12-18(21)23-14(2)15-9-6-7-10-16(15)19/h6-7,9-10,14H,3-5,8,11-13H2,1-2H3. The summed E-state index contributed by atoms with van der Waals surface area (Å²) < 4.78 is 23.7. The molecule has 0 saturated carbocycles. The highest BCUT2D eigenvalue weighted by atomic mass is 19.1. The highest BCUT2D eigenvalue weighted by molar-refractivity contribution is 5.77. The molecule has 128 valence electrons. The molecule has 0 spiro atoms. The molecule has 1 rings (SSSR count). The van der Waals surface area contributed by atoms with Gasteiger partial charge in [-0.25, -0.2) is 4.39 Å². The lowest BCUT2D eigenvalue weighted by atomic mass is 10.1. The molecular weight excluding hydrogens is 299 g/mol. The third-order valence-electron chi connectivity index (χ3n) is 3.45. The average Bonchev–Trinajstić information content (AvgIpc) is 2.53. The van der Waals surface area contributed by atoms with E-state index in [4.69, 9.17) is 9.47 Å². The molecule has 0 aromatic heterocycles. The first-order valence-corrected chi connectivity index (χ1v) is 8.14. The van der Waals surface area contributed by atoms with Gasteiger partial charge in [-0.3, -0.25) is 9.59 Å². The lowest BCUT2D eigenvalue weighted by Gasteiger charge is -2.14. The molecular formula is C18H25FO4. The number of ether oxygens (including phenoxy) is 2. The third kappa shape index (κ3) is 7.77. The summed E-state index contributed by atoms with van der Waals surface area (Å²) >= 11 is 0. The molecule has 0 bridgehead atoms. The molecule has 0 amide bonds. The summed E-state index contributed by atoms with van der Waals surface area (Å²) in [6.45, 7) is 4.10. The van der Waals surface area contributed by atoms with Crippen LogP contribution in [0.3, 0.4) is 0 Å². The van der Waals surface area contributed by atoms with Crippen LogP contribution in [0.2, 0.25) is 0 Å². The minimum Gasteiger partial charge on any atom is -0.466 e. The van der Waals surface area contributed by atoms with Crippen molar-refractivity contribution in [3.8, 4) is 0 Å². The fourth-order valence-corrected chi connectivity index (χ4v) is 2.12. The molecule has 23 heavy (non-hydrogen) atoms. The number of benzene rings is 1. The summed E-state index contributed by atoms with van der Waals surface area (Å²) in [6, 6.07) is 6.13. The minimum absolute atomic E-state index is 0.0173. The second-order valence-corrected chi connectivity index (χ2v) is 5.43. The normalized spacial score (nSPS) is 11.8. The molecule has 1 unspecified atom stereocenters. The van der Waals surface area contributed by atoms with E-state index in [1.807, 2.05) is 0 Å². The zero-order valence-electron chi connectivity index (χ0n) is 13.8. The van der Waals surface area contributed by atoms with Crippen molar-refractivity contribution in [2.45, 2.75) is 58.5 Å². The Morgan fingerprint density at radius 3 is 2.48 bits per heavy atom. The van der Waals surface area contributed by atoms with Crippen LogP contribution in [0, 0.1) is 5.82 Å². The fourth-order valence-electron chi connectivity index (χ4n) is 2.12. The van der Waals surface area contributed by atoms with E-state index in [9.17, 15) is 14.0 Å². The van der Waals surface area contributed by atoms with Gasteiger partial charge in [-0.05, 0) is 19.4 Å². The Kier molecular flexibility index (Phi) is 8.95. The van der Waals surface area contributed by atoms with Gasteiger partial charge in [-0.1, -0.05) is 44.4 Å². The molecule has 5 heteroatoms. The van der Waals surface area contributed by atoms with Crippen molar-refractivity contribution in [2.75, 3.05) is 6.61 Å². The van der Waals surface area contributed by atoms with Gasteiger partial charge in [0.15, 0.2) is 0 Å². The lowest BCUT2D eigenvalue weighted by Crippen LogP contribution is -2.13. The molecule has 0 aliphatic heterocycles. The van der Waals surface area contributed by atoms with E-state index in [-0.39, 0.29) is 12.8 Å². The second kappa shape index (κ2) is 10.8. The van der Waals surface area contributed by atoms with Crippen LogP contribution in [0.4, 0.5) is 4.39 Å². The fraction of sp³-hybridized carbons (Fsp3) is 0.556. The maximum atomic E-state index is 13.6. The summed E-state index contributed by atoms with van der Waals surface area (Å²) in [5.74, 6) is -1.36. The second-order valence-electron chi connectivity index (χ2n) is 5.43. The first-order chi connectivity index (χ1) is 11.0. The predicted molar refractivity (Wildman–Crippen MR) is 85.2 cm³/mol. The van der Waals surface area contributed by atoms with Gasteiger partial charge in [0.25, 0.3) is 0 Å². The maximum absolute atomic E-state index is 13.6. The van der Waals surface area contributed by atoms with Gasteiger partial charge in [0.1, 0.15) is 11.9 Å². The van der Waals surface area contributed by atoms with E-state index in [2.05, 4.69) is 6.92 Å². The molecule has 0 fully saturated rings. The molecule has 0 heterocycles. The summed E-state index contributed by atoms with van der Waals surface area (Å²) in [5, 5.41) is 0. The monoisotopic (exact) mass is 324 g/mol. The molecule has 1 aromatic carbocycles. The number of hydrogen-bond donors (Lipinski definition) is 0. The first kappa shape index (κ1) is 19.1. The van der Waals surface area contributed by atoms with Gasteiger partial charge in [-0.15, -0.1) is 0 Å². The zero-order chi connectivity index (χ0) is 17.1. The smallest absolute Gasteiger partial charge is 0.306 e. The minimum atomic E-state index is -0.686. The van der Waals surface area contributed by atoms with Crippen LogP contribution in [-0.2, 0) is 19.1 Å². The number of esters is 2. The van der Waals surface area contributed by atoms with E-state index in [0.29, 0.717) is 12.2 Å². The van der Waals surface area contributed by atoms with Gasteiger partial charge in [0, 0.05) is 5.56 Å². The van der Waals surface area contributed by atoms with Crippen molar-refractivity contribution in [1.29, 1.82) is 0 Å². The van der Waals surface area contributed by atoms with Crippen molar-refractivity contribution in [2.24, 2.45) is 0 Å². The number of carbonyl (C=O) groups is 2. The van der Waals surface area contributed by atoms with E-state index in [0.717, 1.165) is 25.7 Å². The number of rotatable bonds is 10. The average molecular weight is 324 g/mol. The van der Waals surface area contributed by atoms with Gasteiger partial charge in [-0.2, -0.15) is 0 Å². The molecule has 0 aliphatic carbocycles. The van der Waals surface area contributed by atoms with Crippen LogP contribution < -0.4 is 0 Å². The van der Waals surface area contributed by atoms with E-state index >= 15 is 0 Å². The quantitative estimate of drug-likeness (QED) is 0.475. The van der Waals surface area contributed by atoms with Crippen molar-refractivity contribution in [3.63, 3.8) is 0 Å². The maximum Gasteiger partial charge on any atom is 0.306 e. The molecule has 0 saturated heterocycles. The Morgan fingerprint density at radius 1 is 1.09 bits per heavy atom. The molecule has 0 radical (unpaired) electrons. The van der Waals surface area contributed by atoms with Crippen molar-refractivity contribution < 1.29 is 23.5 Å². The highest BCUT2D eigenvalue weighted by Gasteiger charge is 2.16. The van der Waals surface area contributed by atoms with Crippen molar-refractivity contribution >= 4 is 11.9 Å². The number of halogens is 1. The predicted octanol–water partition coefficient (Wildman–Crippen LogP) is 4.33. The van der Waals surface area contributed by atoms with E-state index in [1.165, 1.54) is 6.07 Å². The molecule has 4 nitrogen and oxygen atoms in total. The molecule has 1 atom stereocenters. The van der Waals surface area contributed by atoms with Crippen molar-refractivity contribution in [1.82, 2.24) is 0 Å². The van der Waals surface area contributed by atoms with Crippen LogP contribution in [-0.4, -0.2) is 18.5 Å². The highest BCUT2D eigenvalue weighted by Crippen LogP contribution is 2.20. The van der Waals surface area contributed by atoms with Crippen molar-refractivity contribution in [3.05, 3.63) is 35.6 Å². The number of carbonyl (C=O) groups excluding carboxylic acids is 2. The Hall–Kier alpha value is -1.91. The molecule has 0 N–H and O–H groups in total. The summed E-state index contributed by atoms with van der Waals surface area (Å²) in [7, 11) is 0. The van der Waals surface area contributed by atoms with Crippen LogP contribution in [0.1, 0.15) is 64.0 Å². The summed E-state index contributed by atoms with van der Waals surface area (Å²) in [6.07, 6.45) is 3.36. The molecule has 1 aromatic rings. The lowest BCUT2D eigenvalue weighted by molar-refractivity contribution is -0.153. The van der Waals surface area contributed by atoms with Crippen LogP contribution >= 0.6 is 0 Å². The van der Waals surface area contributed by atoms with E-state index < -0.39 is 23.9 Å². The first-order valence-electron chi connectivity index (χ1n) is 8.14. The van der Waals surface area contributed by atoms with Gasteiger partial charge >= 0.3 is 11.9 Å². The molecule has 0 aliphatic rings. The van der Waals surface area contributed by atoms with Gasteiger partial charge < -0.3 is 9.47 Å². The Labute approximate surface area is 137 Å². The third-order valence-corrected chi connectivity index (χ3v) is 3.45. The van der Waals surface area contributed by atoms with Crippen LogP contribution in [0.15, 0.2) is 24.3 Å². The van der Waals surface area contributed by atoms with E-state index in [1.54, 1.807) is 25.1 Å². The van der Waals surface area contributed by atoms with Gasteiger partial charge in [0.2, 0.25) is 0 Å². The largest absolute Gasteiger partial charge is 0.466 e. The SMILES string of the molecule is CCCCCCOC(=O)CCC(=O)OC(C)c1ccccc1F. The van der Waals surface area contributed by atoms with Crippen LogP contribution in [0.25, 0.3) is 0 Å².